The minimum Gasteiger partial charge on any atom is -0.497 e. The second-order valence-corrected chi connectivity index (χ2v) is 5.58. The number of rotatable bonds is 5. The van der Waals surface area contributed by atoms with Crippen molar-refractivity contribution in [3.63, 3.8) is 0 Å². The molecule has 1 aliphatic heterocycles. The summed E-state index contributed by atoms with van der Waals surface area (Å²) < 4.78 is 5.21. The molecular weight excluding hydrogens is 266 g/mol. The third kappa shape index (κ3) is 3.54. The molecule has 1 aliphatic rings. The topological polar surface area (TPSA) is 58.8 Å². The van der Waals surface area contributed by atoms with E-state index < -0.39 is 0 Å². The molecule has 1 heterocycles. The van der Waals surface area contributed by atoms with Gasteiger partial charge in [0.2, 0.25) is 5.91 Å². The van der Waals surface area contributed by atoms with Gasteiger partial charge in [-0.1, -0.05) is 19.1 Å². The zero-order valence-corrected chi connectivity index (χ0v) is 13.1. The quantitative estimate of drug-likeness (QED) is 0.887. The second kappa shape index (κ2) is 6.91. The first kappa shape index (κ1) is 15.8. The van der Waals surface area contributed by atoms with Gasteiger partial charge in [0.05, 0.1) is 19.7 Å². The molecule has 0 saturated carbocycles. The highest BCUT2D eigenvalue weighted by atomic mass is 16.5. The molecule has 0 aliphatic carbocycles. The lowest BCUT2D eigenvalue weighted by atomic mass is 9.95. The van der Waals surface area contributed by atoms with Crippen molar-refractivity contribution in [3.05, 3.63) is 29.8 Å². The Morgan fingerprint density at radius 3 is 2.48 bits per heavy atom. The number of methoxy groups -OCH3 is 1. The average molecular weight is 291 g/mol. The number of hydrogen-bond acceptors (Lipinski definition) is 4. The van der Waals surface area contributed by atoms with E-state index in [-0.39, 0.29) is 18.0 Å². The number of amides is 1. The van der Waals surface area contributed by atoms with Crippen LogP contribution in [0.1, 0.15) is 24.9 Å². The average Bonchev–Trinajstić information content (AvgIpc) is 2.51. The highest BCUT2D eigenvalue weighted by Crippen LogP contribution is 2.27. The minimum atomic E-state index is 0.00889. The molecule has 0 spiro atoms. The van der Waals surface area contributed by atoms with Crippen LogP contribution in [0, 0.1) is 0 Å². The molecule has 0 radical (unpaired) electrons. The Hall–Kier alpha value is -1.59. The van der Waals surface area contributed by atoms with Gasteiger partial charge in [-0.25, -0.2) is 0 Å². The van der Waals surface area contributed by atoms with Gasteiger partial charge >= 0.3 is 0 Å². The monoisotopic (exact) mass is 291 g/mol. The van der Waals surface area contributed by atoms with Crippen molar-refractivity contribution in [2.24, 2.45) is 5.73 Å². The Balaban J connectivity index is 2.23. The van der Waals surface area contributed by atoms with E-state index in [9.17, 15) is 4.79 Å². The molecule has 2 rings (SSSR count). The second-order valence-electron chi connectivity index (χ2n) is 5.58. The standard InChI is InChI=1S/C16H25N3O2/c1-4-14(17)16(12-5-7-13(21-3)8-6-12)19-10-9-18(2)15(20)11-19/h5-8,14,16H,4,9-11,17H2,1-3H3. The summed E-state index contributed by atoms with van der Waals surface area (Å²) >= 11 is 0. The van der Waals surface area contributed by atoms with Crippen LogP contribution < -0.4 is 10.5 Å². The van der Waals surface area contributed by atoms with Crippen molar-refractivity contribution < 1.29 is 9.53 Å². The number of benzene rings is 1. The van der Waals surface area contributed by atoms with E-state index in [1.54, 1.807) is 12.0 Å². The summed E-state index contributed by atoms with van der Waals surface area (Å²) in [5.41, 5.74) is 7.47. The Morgan fingerprint density at radius 2 is 1.95 bits per heavy atom. The number of piperazine rings is 1. The van der Waals surface area contributed by atoms with Gasteiger partial charge in [0, 0.05) is 26.2 Å². The first-order valence-corrected chi connectivity index (χ1v) is 7.44. The van der Waals surface area contributed by atoms with E-state index in [1.165, 1.54) is 0 Å². The predicted octanol–water partition coefficient (Wildman–Crippen LogP) is 1.25. The van der Waals surface area contributed by atoms with Gasteiger partial charge in [0.25, 0.3) is 0 Å². The summed E-state index contributed by atoms with van der Waals surface area (Å²) in [4.78, 5) is 15.9. The number of ether oxygens (including phenoxy) is 1. The van der Waals surface area contributed by atoms with Crippen LogP contribution in [0.2, 0.25) is 0 Å². The Kier molecular flexibility index (Phi) is 5.20. The molecule has 5 nitrogen and oxygen atoms in total. The van der Waals surface area contributed by atoms with Gasteiger partial charge < -0.3 is 15.4 Å². The van der Waals surface area contributed by atoms with E-state index >= 15 is 0 Å². The third-order valence-corrected chi connectivity index (χ3v) is 4.21. The minimum absolute atomic E-state index is 0.00889. The molecule has 1 amide bonds. The number of nitrogens with two attached hydrogens (primary N) is 1. The molecule has 5 heteroatoms. The van der Waals surface area contributed by atoms with Crippen LogP contribution in [0.3, 0.4) is 0 Å². The normalized spacial score (nSPS) is 19.4. The van der Waals surface area contributed by atoms with E-state index in [1.807, 2.05) is 31.3 Å². The van der Waals surface area contributed by atoms with Crippen LogP contribution in [0.5, 0.6) is 5.75 Å². The Bertz CT molecular complexity index is 475. The maximum absolute atomic E-state index is 12.0. The first-order valence-electron chi connectivity index (χ1n) is 7.44. The van der Waals surface area contributed by atoms with Gasteiger partial charge in [-0.3, -0.25) is 9.69 Å². The van der Waals surface area contributed by atoms with Crippen LogP contribution in [0.15, 0.2) is 24.3 Å². The maximum Gasteiger partial charge on any atom is 0.236 e. The van der Waals surface area contributed by atoms with Gasteiger partial charge in [-0.2, -0.15) is 0 Å². The summed E-state index contributed by atoms with van der Waals surface area (Å²) in [5, 5.41) is 0. The summed E-state index contributed by atoms with van der Waals surface area (Å²) in [6.45, 7) is 4.12. The lowest BCUT2D eigenvalue weighted by Gasteiger charge is -2.40. The molecule has 1 fully saturated rings. The molecule has 0 aromatic heterocycles. The summed E-state index contributed by atoms with van der Waals surface area (Å²) in [7, 11) is 3.51. The van der Waals surface area contributed by atoms with Crippen LogP contribution in [0.4, 0.5) is 0 Å². The molecular formula is C16H25N3O2. The van der Waals surface area contributed by atoms with E-state index in [0.29, 0.717) is 6.54 Å². The van der Waals surface area contributed by atoms with Crippen LogP contribution in [-0.4, -0.2) is 55.5 Å². The lowest BCUT2D eigenvalue weighted by Crippen LogP contribution is -2.52. The molecule has 2 N–H and O–H groups in total. The van der Waals surface area contributed by atoms with Crippen LogP contribution >= 0.6 is 0 Å². The van der Waals surface area contributed by atoms with Crippen molar-refractivity contribution in [2.45, 2.75) is 25.4 Å². The predicted molar refractivity (Wildman–Crippen MR) is 83.2 cm³/mol. The first-order chi connectivity index (χ1) is 10.1. The third-order valence-electron chi connectivity index (χ3n) is 4.21. The van der Waals surface area contributed by atoms with Gasteiger partial charge in [0.1, 0.15) is 5.75 Å². The van der Waals surface area contributed by atoms with Crippen molar-refractivity contribution in [2.75, 3.05) is 33.8 Å². The molecule has 1 aromatic carbocycles. The van der Waals surface area contributed by atoms with Crippen molar-refractivity contribution in [1.82, 2.24) is 9.80 Å². The van der Waals surface area contributed by atoms with Crippen molar-refractivity contribution in [1.29, 1.82) is 0 Å². The number of carbonyl (C=O) groups is 1. The smallest absolute Gasteiger partial charge is 0.236 e. The number of nitrogens with zero attached hydrogens (tertiary/aromatic N) is 2. The fraction of sp³-hybridized carbons (Fsp3) is 0.562. The summed E-state index contributed by atoms with van der Waals surface area (Å²) in [6.07, 6.45) is 0.872. The zero-order valence-electron chi connectivity index (χ0n) is 13.1. The largest absolute Gasteiger partial charge is 0.497 e. The van der Waals surface area contributed by atoms with Gasteiger partial charge in [-0.05, 0) is 24.1 Å². The summed E-state index contributed by atoms with van der Waals surface area (Å²) in [6, 6.07) is 8.06. The molecule has 21 heavy (non-hydrogen) atoms. The maximum atomic E-state index is 12.0. The molecule has 2 unspecified atom stereocenters. The van der Waals surface area contributed by atoms with Crippen LogP contribution in [0.25, 0.3) is 0 Å². The van der Waals surface area contributed by atoms with Crippen LogP contribution in [-0.2, 0) is 4.79 Å². The molecule has 1 aromatic rings. The van der Waals surface area contributed by atoms with Gasteiger partial charge in [0.15, 0.2) is 0 Å². The Morgan fingerprint density at radius 1 is 1.29 bits per heavy atom. The van der Waals surface area contributed by atoms with Crippen molar-refractivity contribution >= 4 is 5.91 Å². The van der Waals surface area contributed by atoms with E-state index in [2.05, 4.69) is 11.8 Å². The Labute approximate surface area is 126 Å². The number of hydrogen-bond donors (Lipinski definition) is 1. The highest BCUT2D eigenvalue weighted by molar-refractivity contribution is 5.78. The molecule has 116 valence electrons. The fourth-order valence-electron chi connectivity index (χ4n) is 2.77. The fourth-order valence-corrected chi connectivity index (χ4v) is 2.77. The van der Waals surface area contributed by atoms with E-state index in [0.717, 1.165) is 30.8 Å². The van der Waals surface area contributed by atoms with Crippen molar-refractivity contribution in [3.8, 4) is 5.75 Å². The number of carbonyl (C=O) groups excluding carboxylic acids is 1. The molecule has 2 atom stereocenters. The van der Waals surface area contributed by atoms with E-state index in [4.69, 9.17) is 10.5 Å². The number of likely N-dealkylation sites (N-methyl/N-ethyl adjacent to an activating group) is 1. The summed E-state index contributed by atoms with van der Waals surface area (Å²) in [5.74, 6) is 0.986. The van der Waals surface area contributed by atoms with Gasteiger partial charge in [-0.15, -0.1) is 0 Å². The molecule has 0 bridgehead atoms. The molecule has 1 saturated heterocycles. The SMILES string of the molecule is CCC(N)C(c1ccc(OC)cc1)N1CCN(C)C(=O)C1. The highest BCUT2D eigenvalue weighted by Gasteiger charge is 2.31. The zero-order chi connectivity index (χ0) is 15.4. The lowest BCUT2D eigenvalue weighted by molar-refractivity contribution is -0.135.